The molecular formula is C14H10BrF2NO. The summed E-state index contributed by atoms with van der Waals surface area (Å²) < 4.78 is 26.6. The van der Waals surface area contributed by atoms with Crippen LogP contribution in [0.5, 0.6) is 0 Å². The number of halogens is 3. The summed E-state index contributed by atoms with van der Waals surface area (Å²) in [5, 5.41) is 2.53. The normalized spacial score (nSPS) is 10.3. The number of hydrogen-bond acceptors (Lipinski definition) is 1. The van der Waals surface area contributed by atoms with E-state index in [-0.39, 0.29) is 10.0 Å². The summed E-state index contributed by atoms with van der Waals surface area (Å²) in [4.78, 5) is 12.0. The summed E-state index contributed by atoms with van der Waals surface area (Å²) in [6.45, 7) is 1.72. The average Bonchev–Trinajstić information content (AvgIpc) is 2.31. The zero-order valence-corrected chi connectivity index (χ0v) is 11.6. The summed E-state index contributed by atoms with van der Waals surface area (Å²) in [5.41, 5.74) is 1.18. The molecule has 0 aliphatic rings. The van der Waals surface area contributed by atoms with Crippen LogP contribution in [0.2, 0.25) is 0 Å². The SMILES string of the molecule is Cc1cc(F)cc(NC(=O)c2cccc(F)c2Br)c1. The molecule has 1 N–H and O–H groups in total. The lowest BCUT2D eigenvalue weighted by molar-refractivity contribution is 0.102. The molecule has 0 radical (unpaired) electrons. The molecule has 1 amide bonds. The van der Waals surface area contributed by atoms with Crippen molar-refractivity contribution in [2.75, 3.05) is 5.32 Å². The standard InChI is InChI=1S/C14H10BrF2NO/c1-8-5-9(16)7-10(6-8)18-14(19)11-3-2-4-12(17)13(11)15/h2-7H,1H3,(H,18,19). The maximum atomic E-state index is 13.3. The number of carbonyl (C=O) groups excluding carboxylic acids is 1. The van der Waals surface area contributed by atoms with E-state index < -0.39 is 17.5 Å². The van der Waals surface area contributed by atoms with E-state index in [0.717, 1.165) is 0 Å². The Hall–Kier alpha value is -1.75. The molecule has 0 unspecified atom stereocenters. The first-order valence-corrected chi connectivity index (χ1v) is 6.29. The van der Waals surface area contributed by atoms with Gasteiger partial charge in [0.15, 0.2) is 0 Å². The van der Waals surface area contributed by atoms with Gasteiger partial charge in [-0.3, -0.25) is 4.79 Å². The average molecular weight is 326 g/mol. The van der Waals surface area contributed by atoms with Crippen LogP contribution in [0, 0.1) is 18.6 Å². The summed E-state index contributed by atoms with van der Waals surface area (Å²) in [7, 11) is 0. The largest absolute Gasteiger partial charge is 0.322 e. The van der Waals surface area contributed by atoms with Crippen molar-refractivity contribution in [3.05, 3.63) is 63.6 Å². The molecule has 0 atom stereocenters. The van der Waals surface area contributed by atoms with Crippen molar-refractivity contribution in [3.8, 4) is 0 Å². The summed E-state index contributed by atoms with van der Waals surface area (Å²) in [6, 6.07) is 8.35. The van der Waals surface area contributed by atoms with Gasteiger partial charge in [-0.2, -0.15) is 0 Å². The molecule has 0 aliphatic heterocycles. The molecule has 0 aliphatic carbocycles. The van der Waals surface area contributed by atoms with E-state index in [1.807, 2.05) is 0 Å². The molecule has 0 fully saturated rings. The highest BCUT2D eigenvalue weighted by Gasteiger charge is 2.13. The van der Waals surface area contributed by atoms with Crippen LogP contribution in [0.1, 0.15) is 15.9 Å². The monoisotopic (exact) mass is 325 g/mol. The van der Waals surface area contributed by atoms with Crippen LogP contribution < -0.4 is 5.32 Å². The van der Waals surface area contributed by atoms with Gasteiger partial charge in [-0.25, -0.2) is 8.78 Å². The van der Waals surface area contributed by atoms with E-state index in [1.165, 1.54) is 30.3 Å². The smallest absolute Gasteiger partial charge is 0.256 e. The number of carbonyl (C=O) groups is 1. The van der Waals surface area contributed by atoms with Crippen molar-refractivity contribution < 1.29 is 13.6 Å². The number of anilines is 1. The van der Waals surface area contributed by atoms with E-state index in [1.54, 1.807) is 13.0 Å². The second-order valence-corrected chi connectivity index (χ2v) is 4.87. The van der Waals surface area contributed by atoms with E-state index >= 15 is 0 Å². The molecule has 0 spiro atoms. The third kappa shape index (κ3) is 3.17. The first-order valence-electron chi connectivity index (χ1n) is 5.50. The van der Waals surface area contributed by atoms with Gasteiger partial charge in [0.05, 0.1) is 10.0 Å². The lowest BCUT2D eigenvalue weighted by Crippen LogP contribution is -2.13. The molecular weight excluding hydrogens is 316 g/mol. The van der Waals surface area contributed by atoms with Crippen LogP contribution in [0.4, 0.5) is 14.5 Å². The minimum atomic E-state index is -0.525. The molecule has 2 rings (SSSR count). The zero-order chi connectivity index (χ0) is 14.0. The quantitative estimate of drug-likeness (QED) is 0.876. The summed E-state index contributed by atoms with van der Waals surface area (Å²) in [6.07, 6.45) is 0. The third-order valence-corrected chi connectivity index (χ3v) is 3.30. The van der Waals surface area contributed by atoms with Gasteiger partial charge in [0, 0.05) is 5.69 Å². The van der Waals surface area contributed by atoms with Gasteiger partial charge in [0.25, 0.3) is 5.91 Å². The first-order chi connectivity index (χ1) is 8.97. The van der Waals surface area contributed by atoms with E-state index in [4.69, 9.17) is 0 Å². The minimum Gasteiger partial charge on any atom is -0.322 e. The van der Waals surface area contributed by atoms with Gasteiger partial charge >= 0.3 is 0 Å². The van der Waals surface area contributed by atoms with Gasteiger partial charge < -0.3 is 5.32 Å². The maximum Gasteiger partial charge on any atom is 0.256 e. The molecule has 2 aromatic rings. The van der Waals surface area contributed by atoms with Crippen molar-refractivity contribution >= 4 is 27.5 Å². The molecule has 0 bridgehead atoms. The number of benzene rings is 2. The Morgan fingerprint density at radius 1 is 1.21 bits per heavy atom. The molecule has 0 heterocycles. The summed E-state index contributed by atoms with van der Waals surface area (Å²) in [5.74, 6) is -1.46. The highest BCUT2D eigenvalue weighted by atomic mass is 79.9. The highest BCUT2D eigenvalue weighted by Crippen LogP contribution is 2.22. The maximum absolute atomic E-state index is 13.3. The fourth-order valence-corrected chi connectivity index (χ4v) is 2.13. The fourth-order valence-electron chi connectivity index (χ4n) is 1.69. The third-order valence-electron chi connectivity index (χ3n) is 2.50. The Bertz CT molecular complexity index is 623. The van der Waals surface area contributed by atoms with Gasteiger partial charge in [-0.1, -0.05) is 6.07 Å². The van der Waals surface area contributed by atoms with Crippen molar-refractivity contribution in [2.45, 2.75) is 6.92 Å². The van der Waals surface area contributed by atoms with Crippen LogP contribution in [0.3, 0.4) is 0 Å². The van der Waals surface area contributed by atoms with Crippen LogP contribution in [-0.4, -0.2) is 5.91 Å². The number of nitrogens with one attached hydrogen (secondary N) is 1. The van der Waals surface area contributed by atoms with Crippen molar-refractivity contribution in [3.63, 3.8) is 0 Å². The Morgan fingerprint density at radius 2 is 1.95 bits per heavy atom. The number of aryl methyl sites for hydroxylation is 1. The van der Waals surface area contributed by atoms with Crippen LogP contribution in [-0.2, 0) is 0 Å². The Balaban J connectivity index is 2.28. The predicted molar refractivity (Wildman–Crippen MR) is 73.2 cm³/mol. The Labute approximate surface area is 117 Å². The molecule has 98 valence electrons. The molecule has 5 heteroatoms. The summed E-state index contributed by atoms with van der Waals surface area (Å²) >= 11 is 3.01. The number of amides is 1. The first kappa shape index (κ1) is 13.7. The second kappa shape index (κ2) is 5.48. The molecule has 0 saturated carbocycles. The van der Waals surface area contributed by atoms with Gasteiger partial charge in [-0.15, -0.1) is 0 Å². The number of rotatable bonds is 2. The minimum absolute atomic E-state index is 0.0839. The van der Waals surface area contributed by atoms with E-state index in [2.05, 4.69) is 21.2 Å². The van der Waals surface area contributed by atoms with Crippen LogP contribution in [0.25, 0.3) is 0 Å². The number of hydrogen-bond donors (Lipinski definition) is 1. The zero-order valence-electron chi connectivity index (χ0n) is 10.0. The van der Waals surface area contributed by atoms with Crippen molar-refractivity contribution in [2.24, 2.45) is 0 Å². The lowest BCUT2D eigenvalue weighted by atomic mass is 10.2. The molecule has 0 aromatic heterocycles. The Kier molecular flexibility index (Phi) is 3.95. The molecule has 19 heavy (non-hydrogen) atoms. The second-order valence-electron chi connectivity index (χ2n) is 4.07. The van der Waals surface area contributed by atoms with Gasteiger partial charge in [0.2, 0.25) is 0 Å². The predicted octanol–water partition coefficient (Wildman–Crippen LogP) is 4.29. The molecule has 2 nitrogen and oxygen atoms in total. The topological polar surface area (TPSA) is 29.1 Å². The van der Waals surface area contributed by atoms with Gasteiger partial charge in [-0.05, 0) is 58.7 Å². The van der Waals surface area contributed by atoms with E-state index in [9.17, 15) is 13.6 Å². The van der Waals surface area contributed by atoms with Crippen molar-refractivity contribution in [1.82, 2.24) is 0 Å². The van der Waals surface area contributed by atoms with Gasteiger partial charge in [0.1, 0.15) is 11.6 Å². The van der Waals surface area contributed by atoms with Crippen LogP contribution >= 0.6 is 15.9 Å². The molecule has 0 saturated heterocycles. The fraction of sp³-hybridized carbons (Fsp3) is 0.0714. The molecule has 2 aromatic carbocycles. The lowest BCUT2D eigenvalue weighted by Gasteiger charge is -2.08. The van der Waals surface area contributed by atoms with Crippen molar-refractivity contribution in [1.29, 1.82) is 0 Å². The Morgan fingerprint density at radius 3 is 2.63 bits per heavy atom. The van der Waals surface area contributed by atoms with E-state index in [0.29, 0.717) is 11.3 Å². The van der Waals surface area contributed by atoms with Crippen LogP contribution in [0.15, 0.2) is 40.9 Å². The highest BCUT2D eigenvalue weighted by molar-refractivity contribution is 9.10.